The van der Waals surface area contributed by atoms with Gasteiger partial charge in [0.2, 0.25) is 0 Å². The number of benzene rings is 3. The summed E-state index contributed by atoms with van der Waals surface area (Å²) in [5, 5.41) is 32.0. The second-order valence-electron chi connectivity index (χ2n) is 7.40. The van der Waals surface area contributed by atoms with Gasteiger partial charge in [-0.05, 0) is 72.3 Å². The topological polar surface area (TPSA) is 131 Å². The van der Waals surface area contributed by atoms with Gasteiger partial charge in [-0.1, -0.05) is 11.8 Å². The van der Waals surface area contributed by atoms with Crippen molar-refractivity contribution in [3.8, 4) is 40.1 Å². The van der Waals surface area contributed by atoms with Crippen LogP contribution in [0.1, 0.15) is 5.56 Å². The number of carbonyl (C=O) groups excluding carboxylic acids is 1. The third kappa shape index (κ3) is 5.76. The molecule has 10 nitrogen and oxygen atoms in total. The Hall–Kier alpha value is -4.51. The molecule has 3 N–H and O–H groups in total. The highest BCUT2D eigenvalue weighted by Crippen LogP contribution is 2.30. The van der Waals surface area contributed by atoms with Crippen molar-refractivity contribution in [2.45, 2.75) is 5.16 Å². The first-order valence-corrected chi connectivity index (χ1v) is 11.7. The molecule has 1 aromatic heterocycles. The maximum Gasteiger partial charge on any atom is 0.250 e. The molecule has 0 spiro atoms. The largest absolute Gasteiger partial charge is 0.504 e. The van der Waals surface area contributed by atoms with E-state index >= 15 is 0 Å². The van der Waals surface area contributed by atoms with E-state index in [4.69, 9.17) is 9.47 Å². The highest BCUT2D eigenvalue weighted by atomic mass is 32.2. The molecule has 4 rings (SSSR count). The van der Waals surface area contributed by atoms with E-state index in [9.17, 15) is 15.0 Å². The van der Waals surface area contributed by atoms with Crippen LogP contribution in [0.3, 0.4) is 0 Å². The zero-order valence-electron chi connectivity index (χ0n) is 19.5. The molecule has 0 aliphatic heterocycles. The minimum atomic E-state index is -0.352. The number of phenols is 2. The Labute approximate surface area is 211 Å². The predicted octanol–water partition coefficient (Wildman–Crippen LogP) is 3.61. The summed E-state index contributed by atoms with van der Waals surface area (Å²) in [5.74, 6) is 1.23. The first kappa shape index (κ1) is 24.6. The highest BCUT2D eigenvalue weighted by molar-refractivity contribution is 7.99. The third-order valence-electron chi connectivity index (χ3n) is 5.05. The normalized spacial score (nSPS) is 10.9. The van der Waals surface area contributed by atoms with E-state index in [2.05, 4.69) is 20.7 Å². The first-order chi connectivity index (χ1) is 17.5. The molecule has 3 aromatic carbocycles. The minimum absolute atomic E-state index is 0.0368. The van der Waals surface area contributed by atoms with Crippen molar-refractivity contribution in [2.75, 3.05) is 20.0 Å². The van der Waals surface area contributed by atoms with Gasteiger partial charge in [-0.3, -0.25) is 9.36 Å². The number of carbonyl (C=O) groups is 1. The van der Waals surface area contributed by atoms with E-state index in [0.29, 0.717) is 22.3 Å². The number of methoxy groups -OCH3 is 2. The molecule has 0 radical (unpaired) electrons. The molecule has 0 atom stereocenters. The SMILES string of the molecule is COc1ccc(-c2nnc(SCC(=O)N/N=C/c3ccc(O)c(O)c3)n2-c2ccc(OC)cc2)cc1. The first-order valence-electron chi connectivity index (χ1n) is 10.7. The van der Waals surface area contributed by atoms with Gasteiger partial charge in [0, 0.05) is 11.3 Å². The van der Waals surface area contributed by atoms with E-state index in [0.717, 1.165) is 17.0 Å². The number of thioether (sulfide) groups is 1. The van der Waals surface area contributed by atoms with Gasteiger partial charge in [-0.25, -0.2) is 5.43 Å². The number of aromatic nitrogens is 3. The highest BCUT2D eigenvalue weighted by Gasteiger charge is 2.17. The lowest BCUT2D eigenvalue weighted by Gasteiger charge is -2.11. The lowest BCUT2D eigenvalue weighted by molar-refractivity contribution is -0.118. The molecular weight excluding hydrogens is 482 g/mol. The monoisotopic (exact) mass is 505 g/mol. The molecule has 0 bridgehead atoms. The van der Waals surface area contributed by atoms with E-state index in [1.54, 1.807) is 20.3 Å². The summed E-state index contributed by atoms with van der Waals surface area (Å²) in [6.45, 7) is 0. The minimum Gasteiger partial charge on any atom is -0.504 e. The van der Waals surface area contributed by atoms with Crippen LogP contribution in [0, 0.1) is 0 Å². The molecule has 0 aliphatic rings. The fourth-order valence-corrected chi connectivity index (χ4v) is 3.96. The second-order valence-corrected chi connectivity index (χ2v) is 8.34. The lowest BCUT2D eigenvalue weighted by atomic mass is 10.2. The predicted molar refractivity (Wildman–Crippen MR) is 136 cm³/mol. The summed E-state index contributed by atoms with van der Waals surface area (Å²) in [6.07, 6.45) is 1.36. The number of aromatic hydroxyl groups is 2. The zero-order valence-corrected chi connectivity index (χ0v) is 20.3. The average Bonchev–Trinajstić information content (AvgIpc) is 3.33. The molecule has 4 aromatic rings. The second kappa shape index (κ2) is 11.3. The molecule has 0 aliphatic carbocycles. The number of nitrogens with zero attached hydrogens (tertiary/aromatic N) is 4. The van der Waals surface area contributed by atoms with Crippen LogP contribution in [0.4, 0.5) is 0 Å². The molecule has 0 saturated heterocycles. The smallest absolute Gasteiger partial charge is 0.250 e. The quantitative estimate of drug-likeness (QED) is 0.136. The molecule has 0 fully saturated rings. The summed E-state index contributed by atoms with van der Waals surface area (Å²) < 4.78 is 12.4. The molecule has 0 unspecified atom stereocenters. The summed E-state index contributed by atoms with van der Waals surface area (Å²) in [7, 11) is 3.20. The van der Waals surface area contributed by atoms with Crippen LogP contribution < -0.4 is 14.9 Å². The fourth-order valence-electron chi connectivity index (χ4n) is 3.22. The number of amides is 1. The Balaban J connectivity index is 1.52. The average molecular weight is 506 g/mol. The fraction of sp³-hybridized carbons (Fsp3) is 0.120. The summed E-state index contributed by atoms with van der Waals surface area (Å²) in [5.41, 5.74) is 4.59. The lowest BCUT2D eigenvalue weighted by Crippen LogP contribution is -2.20. The maximum atomic E-state index is 12.4. The molecular formula is C25H23N5O5S. The molecule has 36 heavy (non-hydrogen) atoms. The van der Waals surface area contributed by atoms with Gasteiger partial charge in [-0.2, -0.15) is 5.10 Å². The van der Waals surface area contributed by atoms with Crippen molar-refractivity contribution in [3.05, 3.63) is 72.3 Å². The van der Waals surface area contributed by atoms with Crippen LogP contribution >= 0.6 is 11.8 Å². The van der Waals surface area contributed by atoms with E-state index in [1.807, 2.05) is 53.1 Å². The number of hydrazone groups is 1. The Kier molecular flexibility index (Phi) is 7.71. The molecule has 1 heterocycles. The van der Waals surface area contributed by atoms with Crippen LogP contribution in [0.25, 0.3) is 17.1 Å². The van der Waals surface area contributed by atoms with Crippen molar-refractivity contribution in [1.29, 1.82) is 0 Å². The van der Waals surface area contributed by atoms with Crippen molar-refractivity contribution in [2.24, 2.45) is 5.10 Å². The Bertz CT molecular complexity index is 1370. The van der Waals surface area contributed by atoms with Gasteiger partial charge in [0.1, 0.15) is 11.5 Å². The Morgan fingerprint density at radius 1 is 0.972 bits per heavy atom. The summed E-state index contributed by atoms with van der Waals surface area (Å²) in [6, 6.07) is 19.1. The van der Waals surface area contributed by atoms with Gasteiger partial charge in [0.05, 0.1) is 26.2 Å². The molecule has 11 heteroatoms. The van der Waals surface area contributed by atoms with Crippen LogP contribution in [-0.2, 0) is 4.79 Å². The maximum absolute atomic E-state index is 12.4. The number of hydrogen-bond donors (Lipinski definition) is 3. The van der Waals surface area contributed by atoms with Crippen molar-refractivity contribution < 1.29 is 24.5 Å². The number of phenolic OH excluding ortho intramolecular Hbond substituents is 2. The summed E-state index contributed by atoms with van der Waals surface area (Å²) >= 11 is 1.21. The zero-order chi connectivity index (χ0) is 25.5. The van der Waals surface area contributed by atoms with Crippen molar-refractivity contribution in [3.63, 3.8) is 0 Å². The van der Waals surface area contributed by atoms with E-state index in [-0.39, 0.29) is 23.2 Å². The van der Waals surface area contributed by atoms with Crippen molar-refractivity contribution in [1.82, 2.24) is 20.2 Å². The number of hydrogen-bond acceptors (Lipinski definition) is 9. The molecule has 0 saturated carbocycles. The number of nitrogens with one attached hydrogen (secondary N) is 1. The van der Waals surface area contributed by atoms with Gasteiger partial charge in [0.15, 0.2) is 22.5 Å². The van der Waals surface area contributed by atoms with Crippen LogP contribution in [0.15, 0.2) is 77.0 Å². The Morgan fingerprint density at radius 2 is 1.64 bits per heavy atom. The molecule has 1 amide bonds. The van der Waals surface area contributed by atoms with Crippen molar-refractivity contribution >= 4 is 23.9 Å². The summed E-state index contributed by atoms with van der Waals surface area (Å²) in [4.78, 5) is 12.4. The van der Waals surface area contributed by atoms with E-state index < -0.39 is 0 Å². The number of rotatable bonds is 9. The number of ether oxygens (including phenoxy) is 2. The standard InChI is InChI=1S/C25H23N5O5S/c1-34-19-8-4-17(5-9-19)24-28-29-25(30(24)18-6-10-20(35-2)11-7-18)36-15-23(33)27-26-14-16-3-12-21(31)22(32)13-16/h3-14,31-32H,15H2,1-2H3,(H,27,33)/b26-14+. The third-order valence-corrected chi connectivity index (χ3v) is 5.98. The Morgan fingerprint density at radius 3 is 2.28 bits per heavy atom. The molecule has 184 valence electrons. The van der Waals surface area contributed by atoms with E-state index in [1.165, 1.54) is 30.1 Å². The van der Waals surface area contributed by atoms with Gasteiger partial charge in [-0.15, -0.1) is 10.2 Å². The van der Waals surface area contributed by atoms with Crippen LogP contribution in [0.5, 0.6) is 23.0 Å². The van der Waals surface area contributed by atoms with Gasteiger partial charge >= 0.3 is 0 Å². The van der Waals surface area contributed by atoms with Gasteiger partial charge < -0.3 is 19.7 Å². The van der Waals surface area contributed by atoms with Crippen LogP contribution in [-0.4, -0.2) is 57.1 Å². The van der Waals surface area contributed by atoms with Gasteiger partial charge in [0.25, 0.3) is 5.91 Å². The van der Waals surface area contributed by atoms with Crippen LogP contribution in [0.2, 0.25) is 0 Å².